The Balaban J connectivity index is 1.62. The Hall–Kier alpha value is -2.93. The van der Waals surface area contributed by atoms with Crippen molar-refractivity contribution in [2.45, 2.75) is 94.5 Å². The van der Waals surface area contributed by atoms with Gasteiger partial charge in [0.2, 0.25) is 11.8 Å². The summed E-state index contributed by atoms with van der Waals surface area (Å²) in [5.74, 6) is -1.57. The lowest BCUT2D eigenvalue weighted by molar-refractivity contribution is -0.152. The van der Waals surface area contributed by atoms with Crippen molar-refractivity contribution in [2.75, 3.05) is 13.2 Å². The third-order valence-corrected chi connectivity index (χ3v) is 8.34. The summed E-state index contributed by atoms with van der Waals surface area (Å²) in [5, 5.41) is 16.0. The molecule has 0 radical (unpaired) electrons. The van der Waals surface area contributed by atoms with Crippen LogP contribution in [0.15, 0.2) is 55.6 Å². The smallest absolute Gasteiger partial charge is 0.309 e. The average molecular weight is 539 g/mol. The first-order valence-corrected chi connectivity index (χ1v) is 14.5. The molecule has 1 aromatic carbocycles. The van der Waals surface area contributed by atoms with Crippen molar-refractivity contribution in [3.05, 3.63) is 61.2 Å². The van der Waals surface area contributed by atoms with Crippen molar-refractivity contribution in [1.82, 2.24) is 10.6 Å². The molecule has 0 bridgehead atoms. The second kappa shape index (κ2) is 15.0. The summed E-state index contributed by atoms with van der Waals surface area (Å²) in [6.45, 7) is 7.60. The minimum atomic E-state index is -0.629. The molecule has 0 aliphatic heterocycles. The number of benzene rings is 1. The zero-order valence-corrected chi connectivity index (χ0v) is 23.3. The molecule has 2 aliphatic carbocycles. The fraction of sp³-hybridized carbons (Fsp3) is 0.594. The average Bonchev–Trinajstić information content (AvgIpc) is 3.60. The second-order valence-corrected chi connectivity index (χ2v) is 11.5. The van der Waals surface area contributed by atoms with E-state index in [9.17, 15) is 19.5 Å². The molecule has 2 amide bonds. The number of amides is 2. The summed E-state index contributed by atoms with van der Waals surface area (Å²) in [4.78, 5) is 39.5. The van der Waals surface area contributed by atoms with Gasteiger partial charge in [-0.3, -0.25) is 14.4 Å². The Morgan fingerprint density at radius 1 is 0.923 bits per heavy atom. The predicted octanol–water partition coefficient (Wildman–Crippen LogP) is 4.79. The SMILES string of the molecule is C=CCCC(Cc1ccccc1)C(=O)OCC1(NC(=O)C(CC=C)CC(=O)NC2(CO)CCCC2)CCCC1. The van der Waals surface area contributed by atoms with Crippen LogP contribution in [-0.2, 0) is 25.5 Å². The Morgan fingerprint density at radius 2 is 1.56 bits per heavy atom. The first kappa shape index (κ1) is 30.6. The molecule has 3 N–H and O–H groups in total. The van der Waals surface area contributed by atoms with E-state index in [1.54, 1.807) is 6.08 Å². The van der Waals surface area contributed by atoms with Crippen LogP contribution >= 0.6 is 0 Å². The highest BCUT2D eigenvalue weighted by Crippen LogP contribution is 2.32. The minimum Gasteiger partial charge on any atom is -0.463 e. The van der Waals surface area contributed by atoms with E-state index < -0.39 is 17.0 Å². The molecule has 2 fully saturated rings. The van der Waals surface area contributed by atoms with Gasteiger partial charge in [-0.15, -0.1) is 13.2 Å². The number of allylic oxidation sites excluding steroid dienone is 2. The first-order valence-electron chi connectivity index (χ1n) is 14.5. The zero-order chi connectivity index (χ0) is 28.1. The highest BCUT2D eigenvalue weighted by molar-refractivity contribution is 5.86. The third kappa shape index (κ3) is 9.06. The third-order valence-electron chi connectivity index (χ3n) is 8.34. The number of carbonyl (C=O) groups excluding carboxylic acids is 3. The number of ether oxygens (including phenoxy) is 1. The predicted molar refractivity (Wildman–Crippen MR) is 153 cm³/mol. The van der Waals surface area contributed by atoms with Crippen LogP contribution in [0.2, 0.25) is 0 Å². The van der Waals surface area contributed by atoms with Gasteiger partial charge in [0.25, 0.3) is 0 Å². The van der Waals surface area contributed by atoms with E-state index in [2.05, 4.69) is 23.8 Å². The number of carbonyl (C=O) groups is 3. The molecule has 0 aromatic heterocycles. The van der Waals surface area contributed by atoms with Crippen molar-refractivity contribution in [2.24, 2.45) is 11.8 Å². The van der Waals surface area contributed by atoms with Crippen LogP contribution < -0.4 is 10.6 Å². The van der Waals surface area contributed by atoms with Crippen LogP contribution in [0.4, 0.5) is 0 Å². The molecular formula is C32H46N2O5. The summed E-state index contributed by atoms with van der Waals surface area (Å²) in [5.41, 5.74) is -0.121. The molecule has 0 heterocycles. The maximum absolute atomic E-state index is 13.4. The highest BCUT2D eigenvalue weighted by atomic mass is 16.5. The van der Waals surface area contributed by atoms with Gasteiger partial charge in [0.1, 0.15) is 6.61 Å². The molecule has 7 nitrogen and oxygen atoms in total. The molecule has 2 unspecified atom stereocenters. The summed E-state index contributed by atoms with van der Waals surface area (Å²) < 4.78 is 5.88. The van der Waals surface area contributed by atoms with Gasteiger partial charge in [-0.1, -0.05) is 68.2 Å². The largest absolute Gasteiger partial charge is 0.463 e. The van der Waals surface area contributed by atoms with E-state index in [-0.39, 0.29) is 43.3 Å². The number of hydrogen-bond acceptors (Lipinski definition) is 5. The number of nitrogens with one attached hydrogen (secondary N) is 2. The van der Waals surface area contributed by atoms with E-state index >= 15 is 0 Å². The molecule has 2 aliphatic rings. The number of aliphatic hydroxyl groups excluding tert-OH is 1. The van der Waals surface area contributed by atoms with Gasteiger partial charge in [0.05, 0.1) is 29.5 Å². The Bertz CT molecular complexity index is 964. The second-order valence-electron chi connectivity index (χ2n) is 11.5. The first-order chi connectivity index (χ1) is 18.8. The van der Waals surface area contributed by atoms with Gasteiger partial charge < -0.3 is 20.5 Å². The lowest BCUT2D eigenvalue weighted by Gasteiger charge is -2.33. The van der Waals surface area contributed by atoms with E-state index in [4.69, 9.17) is 4.74 Å². The lowest BCUT2D eigenvalue weighted by atomic mass is 9.92. The normalized spacial score (nSPS) is 19.0. The van der Waals surface area contributed by atoms with Crippen LogP contribution in [0.1, 0.15) is 82.6 Å². The van der Waals surface area contributed by atoms with Gasteiger partial charge in [-0.05, 0) is 56.9 Å². The van der Waals surface area contributed by atoms with Gasteiger partial charge in [-0.25, -0.2) is 0 Å². The van der Waals surface area contributed by atoms with Crippen LogP contribution in [0.25, 0.3) is 0 Å². The molecule has 0 spiro atoms. The Labute approximate surface area is 233 Å². The Kier molecular flexibility index (Phi) is 11.8. The van der Waals surface area contributed by atoms with Gasteiger partial charge in [0, 0.05) is 6.42 Å². The maximum Gasteiger partial charge on any atom is 0.309 e. The molecule has 2 atom stereocenters. The van der Waals surface area contributed by atoms with Crippen LogP contribution in [0.5, 0.6) is 0 Å². The van der Waals surface area contributed by atoms with Crippen LogP contribution in [0.3, 0.4) is 0 Å². The molecule has 2 saturated carbocycles. The quantitative estimate of drug-likeness (QED) is 0.207. The van der Waals surface area contributed by atoms with Gasteiger partial charge in [-0.2, -0.15) is 0 Å². The highest BCUT2D eigenvalue weighted by Gasteiger charge is 2.40. The van der Waals surface area contributed by atoms with Crippen molar-refractivity contribution < 1.29 is 24.2 Å². The number of hydrogen-bond donors (Lipinski definition) is 3. The molecular weight excluding hydrogens is 492 g/mol. The number of esters is 1. The zero-order valence-electron chi connectivity index (χ0n) is 23.3. The summed E-state index contributed by atoms with van der Waals surface area (Å²) in [6, 6.07) is 9.91. The molecule has 39 heavy (non-hydrogen) atoms. The molecule has 7 heteroatoms. The molecule has 3 rings (SSSR count). The van der Waals surface area contributed by atoms with Crippen molar-refractivity contribution in [3.63, 3.8) is 0 Å². The molecule has 0 saturated heterocycles. The molecule has 214 valence electrons. The monoisotopic (exact) mass is 538 g/mol. The van der Waals surface area contributed by atoms with Crippen LogP contribution in [0, 0.1) is 11.8 Å². The van der Waals surface area contributed by atoms with E-state index in [1.807, 2.05) is 36.4 Å². The lowest BCUT2D eigenvalue weighted by Crippen LogP contribution is -2.53. The Morgan fingerprint density at radius 3 is 2.15 bits per heavy atom. The van der Waals surface area contributed by atoms with E-state index in [0.29, 0.717) is 19.3 Å². The van der Waals surface area contributed by atoms with Crippen molar-refractivity contribution in [3.8, 4) is 0 Å². The number of rotatable bonds is 16. The van der Waals surface area contributed by atoms with Gasteiger partial charge >= 0.3 is 5.97 Å². The maximum atomic E-state index is 13.4. The summed E-state index contributed by atoms with van der Waals surface area (Å²) in [6.07, 6.45) is 12.6. The number of aliphatic hydroxyl groups is 1. The summed E-state index contributed by atoms with van der Waals surface area (Å²) in [7, 11) is 0. The van der Waals surface area contributed by atoms with Gasteiger partial charge in [0.15, 0.2) is 0 Å². The molecule has 1 aromatic rings. The summed E-state index contributed by atoms with van der Waals surface area (Å²) >= 11 is 0. The van der Waals surface area contributed by atoms with Crippen molar-refractivity contribution in [1.29, 1.82) is 0 Å². The topological polar surface area (TPSA) is 105 Å². The fourth-order valence-electron chi connectivity index (χ4n) is 6.00. The van der Waals surface area contributed by atoms with E-state index in [1.165, 1.54) is 0 Å². The minimum absolute atomic E-state index is 0.0240. The van der Waals surface area contributed by atoms with Crippen molar-refractivity contribution >= 4 is 17.8 Å². The van der Waals surface area contributed by atoms with E-state index in [0.717, 1.165) is 63.4 Å². The fourth-order valence-corrected chi connectivity index (χ4v) is 6.00. The van der Waals surface area contributed by atoms with Crippen LogP contribution in [-0.4, -0.2) is 47.2 Å². The standard InChI is InChI=1S/C32H46N2O5/c1-3-5-16-27(21-25-14-7-6-8-15-25)30(38)39-24-32(19-11-12-20-32)34-29(37)26(13-4-2)22-28(36)33-31(23-35)17-9-10-18-31/h3-4,6-8,14-15,26-27,35H,1-2,5,9-13,16-24H2,(H,33,36)(H,34,37).